The lowest BCUT2D eigenvalue weighted by Gasteiger charge is -2.46. The van der Waals surface area contributed by atoms with Crippen molar-refractivity contribution in [3.63, 3.8) is 0 Å². The minimum atomic E-state index is -2.01. The van der Waals surface area contributed by atoms with Crippen LogP contribution in [0.1, 0.15) is 61.8 Å². The Bertz CT molecular complexity index is 886. The van der Waals surface area contributed by atoms with Crippen molar-refractivity contribution in [2.24, 2.45) is 11.8 Å². The highest BCUT2D eigenvalue weighted by molar-refractivity contribution is 5.68. The Morgan fingerprint density at radius 3 is 1.76 bits per heavy atom. The van der Waals surface area contributed by atoms with Gasteiger partial charge in [-0.2, -0.15) is 0 Å². The second-order valence-electron chi connectivity index (χ2n) is 9.52. The van der Waals surface area contributed by atoms with E-state index in [1.165, 1.54) is 27.7 Å². The number of rotatable bonds is 10. The Balaban J connectivity index is 2.56. The van der Waals surface area contributed by atoms with Crippen LogP contribution in [0.4, 0.5) is 0 Å². The molecule has 2 rings (SSSR count). The lowest BCUT2D eigenvalue weighted by Crippen LogP contribution is -2.60. The van der Waals surface area contributed by atoms with Gasteiger partial charge in [0.1, 0.15) is 19.3 Å². The van der Waals surface area contributed by atoms with E-state index in [1.54, 1.807) is 6.92 Å². The van der Waals surface area contributed by atoms with Crippen LogP contribution in [-0.2, 0) is 61.9 Å². The monoisotopic (exact) mass is 546 g/mol. The Labute approximate surface area is 221 Å². The van der Waals surface area contributed by atoms with Crippen LogP contribution in [0.15, 0.2) is 0 Å². The average molecular weight is 547 g/mol. The average Bonchev–Trinajstić information content (AvgIpc) is 3.07. The van der Waals surface area contributed by atoms with Crippen molar-refractivity contribution in [2.75, 3.05) is 13.2 Å². The first-order valence-corrected chi connectivity index (χ1v) is 12.5. The van der Waals surface area contributed by atoms with Gasteiger partial charge >= 0.3 is 29.8 Å². The fraction of sp³-hybridized carbons (Fsp3) is 0.800. The van der Waals surface area contributed by atoms with Gasteiger partial charge in [0, 0.05) is 40.5 Å². The summed E-state index contributed by atoms with van der Waals surface area (Å²) in [7, 11) is 0. The van der Waals surface area contributed by atoms with Crippen molar-refractivity contribution in [3.8, 4) is 0 Å². The zero-order valence-electron chi connectivity index (χ0n) is 23.0. The first kappa shape index (κ1) is 31.4. The predicted octanol–water partition coefficient (Wildman–Crippen LogP) is 1.43. The Morgan fingerprint density at radius 2 is 1.26 bits per heavy atom. The normalized spacial score (nSPS) is 34.6. The minimum Gasteiger partial charge on any atom is -0.463 e. The molecule has 0 aliphatic carbocycles. The van der Waals surface area contributed by atoms with E-state index in [9.17, 15) is 24.0 Å². The van der Waals surface area contributed by atoms with E-state index < -0.39 is 79.1 Å². The van der Waals surface area contributed by atoms with Crippen molar-refractivity contribution in [3.05, 3.63) is 0 Å². The molecule has 0 aromatic carbocycles. The molecule has 0 spiro atoms. The van der Waals surface area contributed by atoms with Crippen LogP contribution in [0, 0.1) is 11.8 Å². The highest BCUT2D eigenvalue weighted by atomic mass is 16.8. The molecule has 2 heterocycles. The molecule has 0 aromatic heterocycles. The molecule has 2 aliphatic heterocycles. The van der Waals surface area contributed by atoms with E-state index in [1.807, 2.05) is 13.8 Å². The van der Waals surface area contributed by atoms with Gasteiger partial charge in [-0.05, 0) is 12.3 Å². The largest absolute Gasteiger partial charge is 0.463 e. The van der Waals surface area contributed by atoms with E-state index >= 15 is 0 Å². The van der Waals surface area contributed by atoms with Gasteiger partial charge in [-0.3, -0.25) is 24.0 Å². The Hall–Kier alpha value is -2.77. The summed E-state index contributed by atoms with van der Waals surface area (Å²) in [4.78, 5) is 59.3. The minimum absolute atomic E-state index is 0.105. The molecule has 216 valence electrons. The third-order valence-electron chi connectivity index (χ3n) is 6.50. The van der Waals surface area contributed by atoms with Gasteiger partial charge in [0.2, 0.25) is 5.79 Å². The van der Waals surface area contributed by atoms with Crippen LogP contribution in [0.25, 0.3) is 0 Å². The van der Waals surface area contributed by atoms with Gasteiger partial charge in [0.15, 0.2) is 24.6 Å². The maximum absolute atomic E-state index is 12.1. The van der Waals surface area contributed by atoms with Crippen molar-refractivity contribution < 1.29 is 61.9 Å². The van der Waals surface area contributed by atoms with Gasteiger partial charge in [0.05, 0.1) is 6.10 Å². The van der Waals surface area contributed by atoms with Crippen LogP contribution in [0.2, 0.25) is 0 Å². The highest BCUT2D eigenvalue weighted by Gasteiger charge is 2.63. The first-order valence-electron chi connectivity index (χ1n) is 12.5. The quantitative estimate of drug-likeness (QED) is 0.286. The molecule has 0 bridgehead atoms. The van der Waals surface area contributed by atoms with E-state index in [0.29, 0.717) is 6.42 Å². The fourth-order valence-electron chi connectivity index (χ4n) is 4.56. The molecule has 38 heavy (non-hydrogen) atoms. The van der Waals surface area contributed by atoms with Crippen LogP contribution in [-0.4, -0.2) is 85.7 Å². The summed E-state index contributed by atoms with van der Waals surface area (Å²) >= 11 is 0. The van der Waals surface area contributed by atoms with Gasteiger partial charge in [-0.25, -0.2) is 0 Å². The lowest BCUT2D eigenvalue weighted by atomic mass is 9.83. The Kier molecular flexibility index (Phi) is 11.0. The fourth-order valence-corrected chi connectivity index (χ4v) is 4.56. The second kappa shape index (κ2) is 13.3. The van der Waals surface area contributed by atoms with Crippen LogP contribution < -0.4 is 0 Å². The summed E-state index contributed by atoms with van der Waals surface area (Å²) in [5.41, 5.74) is 0. The van der Waals surface area contributed by atoms with Crippen molar-refractivity contribution in [1.29, 1.82) is 0 Å². The van der Waals surface area contributed by atoms with Crippen LogP contribution in [0.3, 0.4) is 0 Å². The Morgan fingerprint density at radius 1 is 0.711 bits per heavy atom. The van der Waals surface area contributed by atoms with Crippen molar-refractivity contribution in [2.45, 2.75) is 104 Å². The standard InChI is InChI=1S/C25H38O13/c1-9-19-22(34-17(7)29)23(35-18(8)30)25(37-19,11-32-15(5)27)38-24-21(33-16(6)28)13(3)12(2)20(36-24)10-31-14(4)26/h12-13,19-24H,9-11H2,1-8H3/t12-,13?,19+,20?,21-,22?,23+,24+,25-/m0/s1. The first-order chi connectivity index (χ1) is 17.7. The number of hydrogen-bond acceptors (Lipinski definition) is 13. The van der Waals surface area contributed by atoms with Gasteiger partial charge in [-0.15, -0.1) is 0 Å². The molecule has 3 unspecified atom stereocenters. The molecule has 2 aliphatic rings. The number of carbonyl (C=O) groups excluding carboxylic acids is 5. The van der Waals surface area contributed by atoms with Gasteiger partial charge in [0.25, 0.3) is 0 Å². The molecule has 2 fully saturated rings. The van der Waals surface area contributed by atoms with E-state index in [2.05, 4.69) is 0 Å². The molecule has 2 saturated heterocycles. The predicted molar refractivity (Wildman–Crippen MR) is 126 cm³/mol. The summed E-state index contributed by atoms with van der Waals surface area (Å²) in [6.45, 7) is 10.7. The zero-order chi connectivity index (χ0) is 28.8. The molecule has 0 amide bonds. The molecule has 0 N–H and O–H groups in total. The summed E-state index contributed by atoms with van der Waals surface area (Å²) in [6.07, 6.45) is -5.98. The summed E-state index contributed by atoms with van der Waals surface area (Å²) < 4.78 is 45.5. The van der Waals surface area contributed by atoms with E-state index in [-0.39, 0.29) is 18.4 Å². The molecule has 13 nitrogen and oxygen atoms in total. The third-order valence-corrected chi connectivity index (χ3v) is 6.50. The van der Waals surface area contributed by atoms with Gasteiger partial charge in [-0.1, -0.05) is 20.8 Å². The van der Waals surface area contributed by atoms with Crippen LogP contribution >= 0.6 is 0 Å². The molecule has 9 atom stereocenters. The lowest BCUT2D eigenvalue weighted by molar-refractivity contribution is -0.375. The molecule has 0 radical (unpaired) electrons. The smallest absolute Gasteiger partial charge is 0.303 e. The maximum atomic E-state index is 12.1. The maximum Gasteiger partial charge on any atom is 0.303 e. The third kappa shape index (κ3) is 7.87. The van der Waals surface area contributed by atoms with Gasteiger partial charge < -0.3 is 37.9 Å². The number of esters is 5. The number of hydrogen-bond donors (Lipinski definition) is 0. The number of carbonyl (C=O) groups is 5. The molecule has 0 aromatic rings. The zero-order valence-corrected chi connectivity index (χ0v) is 23.0. The molecular formula is C25H38O13. The summed E-state index contributed by atoms with van der Waals surface area (Å²) in [5.74, 6) is -5.80. The summed E-state index contributed by atoms with van der Waals surface area (Å²) in [5, 5.41) is 0. The number of ether oxygens (including phenoxy) is 8. The van der Waals surface area contributed by atoms with E-state index in [4.69, 9.17) is 37.9 Å². The second-order valence-corrected chi connectivity index (χ2v) is 9.52. The highest BCUT2D eigenvalue weighted by Crippen LogP contribution is 2.42. The molecular weight excluding hydrogens is 508 g/mol. The van der Waals surface area contributed by atoms with Crippen LogP contribution in [0.5, 0.6) is 0 Å². The van der Waals surface area contributed by atoms with Crippen molar-refractivity contribution in [1.82, 2.24) is 0 Å². The SMILES string of the molecule is CC[C@H]1O[C@@](COC(C)=O)(O[C@H]2OC(COC(C)=O)[C@@H](C)C(C)[C@@H]2OC(C)=O)[C@H](OC(C)=O)C1OC(C)=O. The van der Waals surface area contributed by atoms with E-state index in [0.717, 1.165) is 6.92 Å². The van der Waals surface area contributed by atoms with Crippen molar-refractivity contribution >= 4 is 29.8 Å². The molecule has 0 saturated carbocycles. The summed E-state index contributed by atoms with van der Waals surface area (Å²) in [6, 6.07) is 0. The molecule has 13 heteroatoms. The topological polar surface area (TPSA) is 159 Å².